The first-order chi connectivity index (χ1) is 8.81. The molecule has 94 valence electrons. The summed E-state index contributed by atoms with van der Waals surface area (Å²) in [5, 5.41) is 14.4. The molecule has 0 spiro atoms. The minimum absolute atomic E-state index is 0.412. The third kappa shape index (κ3) is 2.88. The van der Waals surface area contributed by atoms with E-state index in [0.29, 0.717) is 24.5 Å². The van der Waals surface area contributed by atoms with Gasteiger partial charge in [0.2, 0.25) is 5.89 Å². The summed E-state index contributed by atoms with van der Waals surface area (Å²) in [5.74, 6) is 0.608. The van der Waals surface area contributed by atoms with Crippen molar-refractivity contribution in [2.75, 3.05) is 5.32 Å². The Morgan fingerprint density at radius 3 is 2.89 bits per heavy atom. The maximum Gasteiger partial charge on any atom is 0.320 e. The standard InChI is InChI=1S/C12H13BrN4O/c13-9-3-1-2-4-10(9)15-12-17-16-11(18-12)7-14-8-5-6-8/h1-4,8,14H,5-7H2,(H,15,17). The van der Waals surface area contributed by atoms with Crippen LogP contribution in [0.25, 0.3) is 0 Å². The van der Waals surface area contributed by atoms with Crippen LogP contribution in [-0.2, 0) is 6.54 Å². The molecule has 1 fully saturated rings. The number of rotatable bonds is 5. The predicted molar refractivity (Wildman–Crippen MR) is 71.6 cm³/mol. The molecular weight excluding hydrogens is 296 g/mol. The van der Waals surface area contributed by atoms with Crippen LogP contribution < -0.4 is 10.6 Å². The van der Waals surface area contributed by atoms with E-state index in [2.05, 4.69) is 36.8 Å². The third-order valence-electron chi connectivity index (χ3n) is 2.70. The number of hydrogen-bond acceptors (Lipinski definition) is 5. The molecule has 1 saturated carbocycles. The van der Waals surface area contributed by atoms with E-state index in [9.17, 15) is 0 Å². The highest BCUT2D eigenvalue weighted by molar-refractivity contribution is 9.10. The number of benzene rings is 1. The second-order valence-electron chi connectivity index (χ2n) is 4.26. The van der Waals surface area contributed by atoms with Gasteiger partial charge < -0.3 is 15.1 Å². The van der Waals surface area contributed by atoms with Crippen molar-refractivity contribution in [3.63, 3.8) is 0 Å². The van der Waals surface area contributed by atoms with Crippen LogP contribution >= 0.6 is 15.9 Å². The van der Waals surface area contributed by atoms with Gasteiger partial charge in [0.05, 0.1) is 12.2 Å². The number of para-hydroxylation sites is 1. The monoisotopic (exact) mass is 308 g/mol. The molecule has 0 radical (unpaired) electrons. The van der Waals surface area contributed by atoms with Gasteiger partial charge in [-0.3, -0.25) is 0 Å². The van der Waals surface area contributed by atoms with Crippen molar-refractivity contribution < 1.29 is 4.42 Å². The van der Waals surface area contributed by atoms with E-state index in [1.165, 1.54) is 12.8 Å². The molecule has 2 aromatic rings. The molecular formula is C12H13BrN4O. The van der Waals surface area contributed by atoms with E-state index in [1.54, 1.807) is 0 Å². The molecule has 0 atom stereocenters. The van der Waals surface area contributed by atoms with Gasteiger partial charge in [0.25, 0.3) is 0 Å². The van der Waals surface area contributed by atoms with Gasteiger partial charge >= 0.3 is 6.01 Å². The summed E-state index contributed by atoms with van der Waals surface area (Å²) < 4.78 is 6.46. The summed E-state index contributed by atoms with van der Waals surface area (Å²) in [6, 6.07) is 8.84. The second kappa shape index (κ2) is 5.07. The molecule has 1 aromatic carbocycles. The maximum absolute atomic E-state index is 5.50. The SMILES string of the molecule is Brc1ccccc1Nc1nnc(CNC2CC2)o1. The van der Waals surface area contributed by atoms with Gasteiger partial charge in [-0.25, -0.2) is 0 Å². The summed E-state index contributed by atoms with van der Waals surface area (Å²) in [7, 11) is 0. The Bertz CT molecular complexity index is 538. The van der Waals surface area contributed by atoms with Crippen molar-refractivity contribution >= 4 is 27.6 Å². The summed E-state index contributed by atoms with van der Waals surface area (Å²) in [5.41, 5.74) is 0.905. The van der Waals surface area contributed by atoms with Crippen LogP contribution in [0.2, 0.25) is 0 Å². The van der Waals surface area contributed by atoms with Gasteiger partial charge in [-0.2, -0.15) is 0 Å². The topological polar surface area (TPSA) is 63.0 Å². The van der Waals surface area contributed by atoms with Gasteiger partial charge in [0.15, 0.2) is 0 Å². The Labute approximate surface area is 113 Å². The molecule has 1 aliphatic carbocycles. The average molecular weight is 309 g/mol. The predicted octanol–water partition coefficient (Wildman–Crippen LogP) is 2.83. The molecule has 0 bridgehead atoms. The van der Waals surface area contributed by atoms with E-state index in [4.69, 9.17) is 4.42 Å². The van der Waals surface area contributed by atoms with Gasteiger partial charge in [-0.05, 0) is 40.9 Å². The van der Waals surface area contributed by atoms with E-state index in [-0.39, 0.29) is 0 Å². The maximum atomic E-state index is 5.50. The van der Waals surface area contributed by atoms with Crippen molar-refractivity contribution in [2.24, 2.45) is 0 Å². The number of anilines is 2. The first-order valence-electron chi connectivity index (χ1n) is 5.88. The summed E-state index contributed by atoms with van der Waals surface area (Å²) in [6.45, 7) is 0.634. The van der Waals surface area contributed by atoms with Crippen LogP contribution in [-0.4, -0.2) is 16.2 Å². The highest BCUT2D eigenvalue weighted by atomic mass is 79.9. The van der Waals surface area contributed by atoms with Gasteiger partial charge in [0.1, 0.15) is 0 Å². The van der Waals surface area contributed by atoms with E-state index in [1.807, 2.05) is 24.3 Å². The average Bonchev–Trinajstić information content (AvgIpc) is 3.10. The zero-order valence-corrected chi connectivity index (χ0v) is 11.3. The highest BCUT2D eigenvalue weighted by Gasteiger charge is 2.21. The normalized spacial score (nSPS) is 14.7. The van der Waals surface area contributed by atoms with Gasteiger partial charge in [-0.15, -0.1) is 5.10 Å². The number of hydrogen-bond donors (Lipinski definition) is 2. The van der Waals surface area contributed by atoms with Crippen molar-refractivity contribution in [3.05, 3.63) is 34.6 Å². The van der Waals surface area contributed by atoms with E-state index in [0.717, 1.165) is 10.2 Å². The van der Waals surface area contributed by atoms with Crippen molar-refractivity contribution in [1.82, 2.24) is 15.5 Å². The van der Waals surface area contributed by atoms with Gasteiger partial charge in [0, 0.05) is 10.5 Å². The molecule has 6 heteroatoms. The van der Waals surface area contributed by atoms with Crippen molar-refractivity contribution in [2.45, 2.75) is 25.4 Å². The molecule has 18 heavy (non-hydrogen) atoms. The molecule has 3 rings (SSSR count). The Kier molecular flexibility index (Phi) is 3.29. The van der Waals surface area contributed by atoms with Crippen LogP contribution in [0, 0.1) is 0 Å². The van der Waals surface area contributed by atoms with Crippen LogP contribution in [0.15, 0.2) is 33.2 Å². The molecule has 2 N–H and O–H groups in total. The molecule has 0 saturated heterocycles. The number of halogens is 1. The van der Waals surface area contributed by atoms with Crippen molar-refractivity contribution in [3.8, 4) is 0 Å². The van der Waals surface area contributed by atoms with Crippen LogP contribution in [0.3, 0.4) is 0 Å². The quantitative estimate of drug-likeness (QED) is 0.889. The minimum Gasteiger partial charge on any atom is -0.406 e. The largest absolute Gasteiger partial charge is 0.406 e. The Balaban J connectivity index is 1.63. The summed E-state index contributed by atoms with van der Waals surface area (Å²) in [6.07, 6.45) is 2.49. The summed E-state index contributed by atoms with van der Waals surface area (Å²) in [4.78, 5) is 0. The molecule has 1 heterocycles. The van der Waals surface area contributed by atoms with Gasteiger partial charge in [-0.1, -0.05) is 17.2 Å². The molecule has 0 aliphatic heterocycles. The lowest BCUT2D eigenvalue weighted by Crippen LogP contribution is -2.15. The number of aromatic nitrogens is 2. The zero-order valence-electron chi connectivity index (χ0n) is 9.69. The van der Waals surface area contributed by atoms with Crippen molar-refractivity contribution in [1.29, 1.82) is 0 Å². The second-order valence-corrected chi connectivity index (χ2v) is 5.12. The number of nitrogens with one attached hydrogen (secondary N) is 2. The number of nitrogens with zero attached hydrogens (tertiary/aromatic N) is 2. The Hall–Kier alpha value is -1.40. The smallest absolute Gasteiger partial charge is 0.320 e. The zero-order chi connectivity index (χ0) is 12.4. The fourth-order valence-electron chi connectivity index (χ4n) is 1.57. The minimum atomic E-state index is 0.412. The van der Waals surface area contributed by atoms with E-state index >= 15 is 0 Å². The lowest BCUT2D eigenvalue weighted by atomic mass is 10.3. The molecule has 0 unspecified atom stereocenters. The summed E-state index contributed by atoms with van der Waals surface area (Å²) >= 11 is 3.45. The fourth-order valence-corrected chi connectivity index (χ4v) is 1.96. The third-order valence-corrected chi connectivity index (χ3v) is 3.39. The molecule has 1 aromatic heterocycles. The first kappa shape index (κ1) is 11.7. The fraction of sp³-hybridized carbons (Fsp3) is 0.333. The van der Waals surface area contributed by atoms with Crippen LogP contribution in [0.1, 0.15) is 18.7 Å². The lowest BCUT2D eigenvalue weighted by Gasteiger charge is -2.02. The Morgan fingerprint density at radius 2 is 2.11 bits per heavy atom. The highest BCUT2D eigenvalue weighted by Crippen LogP contribution is 2.24. The molecule has 5 nitrogen and oxygen atoms in total. The van der Waals surface area contributed by atoms with E-state index < -0.39 is 0 Å². The first-order valence-corrected chi connectivity index (χ1v) is 6.68. The Morgan fingerprint density at radius 1 is 1.28 bits per heavy atom. The van der Waals surface area contributed by atoms with Crippen LogP contribution in [0.4, 0.5) is 11.7 Å². The molecule has 0 amide bonds. The molecule has 1 aliphatic rings. The lowest BCUT2D eigenvalue weighted by molar-refractivity contribution is 0.478. The van der Waals surface area contributed by atoms with Crippen LogP contribution in [0.5, 0.6) is 0 Å².